The van der Waals surface area contributed by atoms with Gasteiger partial charge in [-0.3, -0.25) is 4.31 Å². The molecule has 0 bridgehead atoms. The summed E-state index contributed by atoms with van der Waals surface area (Å²) < 4.78 is 70.0. The van der Waals surface area contributed by atoms with E-state index >= 15 is 0 Å². The Kier molecular flexibility index (Phi) is 5.41. The minimum absolute atomic E-state index is 0.101. The van der Waals surface area contributed by atoms with Crippen LogP contribution in [0.2, 0.25) is 0 Å². The zero-order valence-electron chi connectivity index (χ0n) is 14.9. The highest BCUT2D eigenvalue weighted by atomic mass is 32.2. The molecule has 3 aromatic rings. The Morgan fingerprint density at radius 3 is 2.46 bits per heavy atom. The van der Waals surface area contributed by atoms with Crippen LogP contribution in [0.25, 0.3) is 11.5 Å². The molecule has 0 radical (unpaired) electrons. The Morgan fingerprint density at radius 2 is 1.89 bits per heavy atom. The van der Waals surface area contributed by atoms with Crippen molar-refractivity contribution in [1.29, 1.82) is 0 Å². The zero-order valence-corrected chi connectivity index (χ0v) is 15.8. The van der Waals surface area contributed by atoms with Crippen LogP contribution in [0.1, 0.15) is 23.4 Å². The number of hydrogen-bond donors (Lipinski definition) is 0. The van der Waals surface area contributed by atoms with Crippen LogP contribution in [-0.4, -0.2) is 24.9 Å². The molecule has 0 saturated heterocycles. The maximum atomic E-state index is 14.6. The van der Waals surface area contributed by atoms with Gasteiger partial charge in [0.2, 0.25) is 15.9 Å². The second-order valence-electron chi connectivity index (χ2n) is 6.16. The molecule has 0 atom stereocenters. The van der Waals surface area contributed by atoms with Gasteiger partial charge in [0.15, 0.2) is 0 Å². The van der Waals surface area contributed by atoms with E-state index in [9.17, 15) is 21.6 Å². The molecule has 1 heterocycles. The summed E-state index contributed by atoms with van der Waals surface area (Å²) in [7, 11) is -3.68. The molecule has 0 N–H and O–H groups in total. The van der Waals surface area contributed by atoms with Crippen LogP contribution in [0.15, 0.2) is 46.9 Å². The molecular weight excluding hydrogens is 395 g/mol. The largest absolute Gasteiger partial charge is 0.415 e. The number of sulfonamides is 1. The lowest BCUT2D eigenvalue weighted by Crippen LogP contribution is -2.29. The summed E-state index contributed by atoms with van der Waals surface area (Å²) >= 11 is 0. The Bertz CT molecular complexity index is 1100. The van der Waals surface area contributed by atoms with Gasteiger partial charge < -0.3 is 4.42 Å². The van der Waals surface area contributed by atoms with Crippen LogP contribution in [0.5, 0.6) is 0 Å². The van der Waals surface area contributed by atoms with Gasteiger partial charge in [-0.25, -0.2) is 12.8 Å². The summed E-state index contributed by atoms with van der Waals surface area (Å²) in [5, 5.41) is 6.66. The Hall–Kier alpha value is -2.88. The van der Waals surface area contributed by atoms with E-state index in [0.29, 0.717) is 5.69 Å². The minimum atomic E-state index is -3.68. The molecule has 28 heavy (non-hydrogen) atoms. The molecule has 1 aromatic heterocycles. The van der Waals surface area contributed by atoms with Gasteiger partial charge in [-0.1, -0.05) is 18.2 Å². The zero-order chi connectivity index (χ0) is 20.5. The summed E-state index contributed by atoms with van der Waals surface area (Å²) in [6, 6.07) is 10.6. The van der Waals surface area contributed by atoms with Crippen molar-refractivity contribution < 1.29 is 26.0 Å². The second-order valence-corrected chi connectivity index (χ2v) is 8.07. The fourth-order valence-corrected chi connectivity index (χ4v) is 3.46. The molecule has 0 aliphatic rings. The van der Waals surface area contributed by atoms with Crippen molar-refractivity contribution in [3.63, 3.8) is 0 Å². The van der Waals surface area contributed by atoms with E-state index in [1.807, 2.05) is 13.0 Å². The third-order valence-electron chi connectivity index (χ3n) is 3.93. The smallest absolute Gasteiger partial charge is 0.314 e. The molecular formula is C18H16F3N3O3S. The first-order valence-electron chi connectivity index (χ1n) is 8.10. The first kappa shape index (κ1) is 19.9. The molecule has 0 unspecified atom stereocenters. The number of alkyl halides is 2. The second kappa shape index (κ2) is 7.63. The number of hydrogen-bond acceptors (Lipinski definition) is 5. The number of rotatable bonds is 6. The van der Waals surface area contributed by atoms with E-state index in [1.54, 1.807) is 18.2 Å². The lowest BCUT2D eigenvalue weighted by atomic mass is 10.1. The Balaban J connectivity index is 1.92. The first-order chi connectivity index (χ1) is 13.1. The van der Waals surface area contributed by atoms with E-state index in [1.165, 1.54) is 12.1 Å². The fraction of sp³-hybridized carbons (Fsp3) is 0.222. The predicted octanol–water partition coefficient (Wildman–Crippen LogP) is 4.09. The van der Waals surface area contributed by atoms with Gasteiger partial charge in [0.25, 0.3) is 5.89 Å². The lowest BCUT2D eigenvalue weighted by Gasteiger charge is -2.23. The number of anilines is 1. The van der Waals surface area contributed by atoms with E-state index in [-0.39, 0.29) is 23.6 Å². The van der Waals surface area contributed by atoms with Gasteiger partial charge in [-0.05, 0) is 36.8 Å². The van der Waals surface area contributed by atoms with Crippen molar-refractivity contribution in [1.82, 2.24) is 10.2 Å². The van der Waals surface area contributed by atoms with Crippen molar-refractivity contribution in [2.75, 3.05) is 10.6 Å². The van der Waals surface area contributed by atoms with Crippen molar-refractivity contribution in [3.05, 3.63) is 65.3 Å². The summed E-state index contributed by atoms with van der Waals surface area (Å²) in [5.74, 6) is -1.84. The normalized spacial score (nSPS) is 11.8. The highest BCUT2D eigenvalue weighted by molar-refractivity contribution is 7.92. The molecule has 0 amide bonds. The third-order valence-corrected chi connectivity index (χ3v) is 5.07. The average molecular weight is 411 g/mol. The van der Waals surface area contributed by atoms with E-state index in [4.69, 9.17) is 4.42 Å². The molecule has 0 aliphatic heterocycles. The van der Waals surface area contributed by atoms with Gasteiger partial charge in [-0.15, -0.1) is 10.2 Å². The highest BCUT2D eigenvalue weighted by Gasteiger charge is 2.21. The summed E-state index contributed by atoms with van der Waals surface area (Å²) in [5.41, 5.74) is 1.48. The fourth-order valence-electron chi connectivity index (χ4n) is 2.59. The minimum Gasteiger partial charge on any atom is -0.415 e. The predicted molar refractivity (Wildman–Crippen MR) is 96.9 cm³/mol. The van der Waals surface area contributed by atoms with Gasteiger partial charge in [0, 0.05) is 11.1 Å². The van der Waals surface area contributed by atoms with Crippen molar-refractivity contribution in [2.24, 2.45) is 0 Å². The SMILES string of the molecule is Cc1cccc(N(Cc2ccc(-c3nnc(C(F)F)o3)cc2F)S(C)(=O)=O)c1. The summed E-state index contributed by atoms with van der Waals surface area (Å²) in [6.07, 6.45) is -1.89. The number of aromatic nitrogens is 2. The number of nitrogens with zero attached hydrogens (tertiary/aromatic N) is 3. The van der Waals surface area contributed by atoms with Crippen LogP contribution in [0.3, 0.4) is 0 Å². The summed E-state index contributed by atoms with van der Waals surface area (Å²) in [4.78, 5) is 0. The van der Waals surface area contributed by atoms with Crippen LogP contribution in [-0.2, 0) is 16.6 Å². The Labute approximate surface area is 159 Å². The van der Waals surface area contributed by atoms with E-state index < -0.39 is 28.2 Å². The molecule has 10 heteroatoms. The molecule has 148 valence electrons. The van der Waals surface area contributed by atoms with Crippen LogP contribution < -0.4 is 4.31 Å². The molecule has 2 aromatic carbocycles. The van der Waals surface area contributed by atoms with Gasteiger partial charge in [0.1, 0.15) is 5.82 Å². The Morgan fingerprint density at radius 1 is 1.14 bits per heavy atom. The van der Waals surface area contributed by atoms with Crippen molar-refractivity contribution in [2.45, 2.75) is 19.9 Å². The van der Waals surface area contributed by atoms with Gasteiger partial charge in [0.05, 0.1) is 18.5 Å². The monoisotopic (exact) mass is 411 g/mol. The standard InChI is InChI=1S/C18H16F3N3O3S/c1-11-4-3-5-14(8-11)24(28(2,25)26)10-13-7-6-12(9-15(13)19)17-22-23-18(27-17)16(20)21/h3-9,16H,10H2,1-2H3. The molecule has 0 aliphatic carbocycles. The molecule has 0 fully saturated rings. The van der Waals surface area contributed by atoms with Crippen LogP contribution >= 0.6 is 0 Å². The molecule has 0 saturated carbocycles. The quantitative estimate of drug-likeness (QED) is 0.611. The van der Waals surface area contributed by atoms with Crippen LogP contribution in [0.4, 0.5) is 18.9 Å². The maximum absolute atomic E-state index is 14.6. The topological polar surface area (TPSA) is 76.3 Å². The van der Waals surface area contributed by atoms with E-state index in [0.717, 1.165) is 22.2 Å². The molecule has 0 spiro atoms. The van der Waals surface area contributed by atoms with Crippen molar-refractivity contribution in [3.8, 4) is 11.5 Å². The number of halogens is 3. The molecule has 3 rings (SSSR count). The number of aryl methyl sites for hydroxylation is 1. The van der Waals surface area contributed by atoms with Crippen LogP contribution in [0, 0.1) is 12.7 Å². The summed E-state index contributed by atoms with van der Waals surface area (Å²) in [6.45, 7) is 1.58. The van der Waals surface area contributed by atoms with Gasteiger partial charge >= 0.3 is 6.43 Å². The third kappa shape index (κ3) is 4.33. The highest BCUT2D eigenvalue weighted by Crippen LogP contribution is 2.27. The van der Waals surface area contributed by atoms with E-state index in [2.05, 4.69) is 10.2 Å². The van der Waals surface area contributed by atoms with Gasteiger partial charge in [-0.2, -0.15) is 8.78 Å². The number of benzene rings is 2. The molecule has 6 nitrogen and oxygen atoms in total. The lowest BCUT2D eigenvalue weighted by molar-refractivity contribution is 0.116. The average Bonchev–Trinajstić information content (AvgIpc) is 3.10. The van der Waals surface area contributed by atoms with Crippen molar-refractivity contribution >= 4 is 15.7 Å². The maximum Gasteiger partial charge on any atom is 0.314 e. The first-order valence-corrected chi connectivity index (χ1v) is 9.94.